The summed E-state index contributed by atoms with van der Waals surface area (Å²) in [6, 6.07) is 29.9. The molecule has 5 rings (SSSR count). The SMILES string of the molecule is CCN(Cc1ccccc1)C(=O)C1(c2ccccc2)CCN(CCNC(=O)Nc2cc(C)nc3ccccc23)CC1. The summed E-state index contributed by atoms with van der Waals surface area (Å²) in [5.41, 5.74) is 4.15. The third-order valence-corrected chi connectivity index (χ3v) is 8.14. The fourth-order valence-electron chi connectivity index (χ4n) is 5.88. The topological polar surface area (TPSA) is 77.6 Å². The molecular formula is C34H39N5O2. The summed E-state index contributed by atoms with van der Waals surface area (Å²) in [7, 11) is 0. The first kappa shape index (κ1) is 28.3. The third kappa shape index (κ3) is 6.57. The van der Waals surface area contributed by atoms with Gasteiger partial charge in [0.1, 0.15) is 0 Å². The number of carbonyl (C=O) groups excluding carboxylic acids is 2. The highest BCUT2D eigenvalue weighted by molar-refractivity contribution is 6.00. The summed E-state index contributed by atoms with van der Waals surface area (Å²) in [4.78, 5) is 35.8. The Morgan fingerprint density at radius 2 is 1.59 bits per heavy atom. The summed E-state index contributed by atoms with van der Waals surface area (Å²) in [6.45, 7) is 8.09. The van der Waals surface area contributed by atoms with Crippen LogP contribution in [0.1, 0.15) is 36.6 Å². The highest BCUT2D eigenvalue weighted by Gasteiger charge is 2.44. The molecule has 0 bridgehead atoms. The number of carbonyl (C=O) groups is 2. The quantitative estimate of drug-likeness (QED) is 0.279. The highest BCUT2D eigenvalue weighted by Crippen LogP contribution is 2.38. The maximum Gasteiger partial charge on any atom is 0.319 e. The van der Waals surface area contributed by atoms with Crippen LogP contribution < -0.4 is 10.6 Å². The van der Waals surface area contributed by atoms with Crippen LogP contribution in [0.5, 0.6) is 0 Å². The predicted octanol–water partition coefficient (Wildman–Crippen LogP) is 5.75. The van der Waals surface area contributed by atoms with E-state index in [4.69, 9.17) is 0 Å². The van der Waals surface area contributed by atoms with E-state index in [1.165, 1.54) is 0 Å². The lowest BCUT2D eigenvalue weighted by Crippen LogP contribution is -2.53. The van der Waals surface area contributed by atoms with Gasteiger partial charge in [0, 0.05) is 37.3 Å². The van der Waals surface area contributed by atoms with Crippen molar-refractivity contribution in [1.29, 1.82) is 0 Å². The smallest absolute Gasteiger partial charge is 0.319 e. The number of aryl methyl sites for hydroxylation is 1. The summed E-state index contributed by atoms with van der Waals surface area (Å²) >= 11 is 0. The van der Waals surface area contributed by atoms with E-state index < -0.39 is 5.41 Å². The van der Waals surface area contributed by atoms with Crippen LogP contribution in [-0.4, -0.2) is 59.4 Å². The van der Waals surface area contributed by atoms with Gasteiger partial charge < -0.3 is 20.4 Å². The molecule has 0 aliphatic carbocycles. The van der Waals surface area contributed by atoms with E-state index >= 15 is 0 Å². The number of urea groups is 1. The lowest BCUT2D eigenvalue weighted by atomic mass is 9.71. The molecule has 7 heteroatoms. The molecule has 0 atom stereocenters. The lowest BCUT2D eigenvalue weighted by molar-refractivity contribution is -0.140. The van der Waals surface area contributed by atoms with Gasteiger partial charge in [0.15, 0.2) is 0 Å². The van der Waals surface area contributed by atoms with Gasteiger partial charge in [-0.25, -0.2) is 4.79 Å². The molecule has 7 nitrogen and oxygen atoms in total. The Hall–Kier alpha value is -4.23. The largest absolute Gasteiger partial charge is 0.338 e. The molecule has 3 aromatic carbocycles. The minimum atomic E-state index is -0.548. The molecule has 0 unspecified atom stereocenters. The second-order valence-corrected chi connectivity index (χ2v) is 10.8. The maximum atomic E-state index is 14.2. The van der Waals surface area contributed by atoms with Crippen molar-refractivity contribution in [3.63, 3.8) is 0 Å². The van der Waals surface area contributed by atoms with Crippen LogP contribution in [0.3, 0.4) is 0 Å². The van der Waals surface area contributed by atoms with E-state index in [2.05, 4.69) is 51.7 Å². The molecule has 1 fully saturated rings. The Labute approximate surface area is 242 Å². The van der Waals surface area contributed by atoms with Crippen LogP contribution in [-0.2, 0) is 16.8 Å². The number of hydrogen-bond donors (Lipinski definition) is 2. The van der Waals surface area contributed by atoms with Crippen LogP contribution >= 0.6 is 0 Å². The zero-order valence-corrected chi connectivity index (χ0v) is 24.0. The lowest BCUT2D eigenvalue weighted by Gasteiger charge is -2.43. The van der Waals surface area contributed by atoms with E-state index in [9.17, 15) is 9.59 Å². The first-order valence-corrected chi connectivity index (χ1v) is 14.5. The Bertz CT molecular complexity index is 1470. The molecular weight excluding hydrogens is 510 g/mol. The van der Waals surface area contributed by atoms with Gasteiger partial charge in [0.25, 0.3) is 0 Å². The zero-order chi connectivity index (χ0) is 28.7. The van der Waals surface area contributed by atoms with Gasteiger partial charge in [-0.3, -0.25) is 9.78 Å². The third-order valence-electron chi connectivity index (χ3n) is 8.14. The van der Waals surface area contributed by atoms with Crippen molar-refractivity contribution in [3.8, 4) is 0 Å². The molecule has 0 spiro atoms. The van der Waals surface area contributed by atoms with Gasteiger partial charge in [-0.15, -0.1) is 0 Å². The first-order chi connectivity index (χ1) is 20.0. The average Bonchev–Trinajstić information content (AvgIpc) is 3.01. The molecule has 1 aliphatic heterocycles. The van der Waals surface area contributed by atoms with Crippen molar-refractivity contribution in [2.45, 2.75) is 38.6 Å². The molecule has 0 radical (unpaired) electrons. The normalized spacial score (nSPS) is 14.9. The first-order valence-electron chi connectivity index (χ1n) is 14.5. The van der Waals surface area contributed by atoms with E-state index in [0.717, 1.165) is 65.9 Å². The molecule has 4 aromatic rings. The van der Waals surface area contributed by atoms with Crippen LogP contribution in [0.25, 0.3) is 10.9 Å². The number of para-hydroxylation sites is 1. The minimum Gasteiger partial charge on any atom is -0.338 e. The van der Waals surface area contributed by atoms with Crippen LogP contribution in [0.2, 0.25) is 0 Å². The standard InChI is InChI=1S/C34H39N5O2/c1-3-39(25-27-12-6-4-7-13-27)32(40)34(28-14-8-5-9-15-28)18-21-38(22-19-34)23-20-35-33(41)37-31-24-26(2)36-30-17-11-10-16-29(30)31/h4-17,24H,3,18-23,25H2,1-2H3,(H2,35,36,37,41). The van der Waals surface area contributed by atoms with Crippen molar-refractivity contribution in [3.05, 3.63) is 108 Å². The molecule has 2 heterocycles. The number of aromatic nitrogens is 1. The number of nitrogens with one attached hydrogen (secondary N) is 2. The number of hydrogen-bond acceptors (Lipinski definition) is 4. The van der Waals surface area contributed by atoms with E-state index in [-0.39, 0.29) is 11.9 Å². The number of amides is 3. The van der Waals surface area contributed by atoms with Crippen molar-refractivity contribution in [2.24, 2.45) is 0 Å². The molecule has 1 aromatic heterocycles. The molecule has 0 saturated carbocycles. The van der Waals surface area contributed by atoms with Gasteiger partial charge in [-0.05, 0) is 63.0 Å². The number of pyridine rings is 1. The number of likely N-dealkylation sites (N-methyl/N-ethyl adjacent to an activating group) is 1. The average molecular weight is 550 g/mol. The number of rotatable bonds is 9. The number of anilines is 1. The van der Waals surface area contributed by atoms with Crippen molar-refractivity contribution in [2.75, 3.05) is 38.0 Å². The van der Waals surface area contributed by atoms with Gasteiger partial charge in [-0.2, -0.15) is 0 Å². The Kier molecular flexibility index (Phi) is 8.95. The van der Waals surface area contributed by atoms with Gasteiger partial charge in [-0.1, -0.05) is 78.9 Å². The number of piperidine rings is 1. The van der Waals surface area contributed by atoms with Gasteiger partial charge in [0.05, 0.1) is 16.6 Å². The molecule has 1 aliphatic rings. The molecule has 1 saturated heterocycles. The van der Waals surface area contributed by atoms with Crippen LogP contribution in [0.15, 0.2) is 91.0 Å². The fourth-order valence-corrected chi connectivity index (χ4v) is 5.88. The monoisotopic (exact) mass is 549 g/mol. The maximum absolute atomic E-state index is 14.2. The summed E-state index contributed by atoms with van der Waals surface area (Å²) in [6.07, 6.45) is 1.49. The Balaban J connectivity index is 1.20. The van der Waals surface area contributed by atoms with E-state index in [0.29, 0.717) is 19.6 Å². The molecule has 212 valence electrons. The van der Waals surface area contributed by atoms with Gasteiger partial charge in [0.2, 0.25) is 5.91 Å². The summed E-state index contributed by atoms with van der Waals surface area (Å²) < 4.78 is 0. The highest BCUT2D eigenvalue weighted by atomic mass is 16.2. The van der Waals surface area contributed by atoms with E-state index in [1.54, 1.807) is 0 Å². The predicted molar refractivity (Wildman–Crippen MR) is 165 cm³/mol. The van der Waals surface area contributed by atoms with Crippen molar-refractivity contribution >= 4 is 28.5 Å². The van der Waals surface area contributed by atoms with Crippen LogP contribution in [0, 0.1) is 6.92 Å². The molecule has 2 N–H and O–H groups in total. The van der Waals surface area contributed by atoms with E-state index in [1.807, 2.05) is 78.6 Å². The summed E-state index contributed by atoms with van der Waals surface area (Å²) in [5.74, 6) is 0.201. The van der Waals surface area contributed by atoms with Crippen molar-refractivity contribution < 1.29 is 9.59 Å². The zero-order valence-electron chi connectivity index (χ0n) is 24.0. The number of benzene rings is 3. The van der Waals surface area contributed by atoms with Gasteiger partial charge >= 0.3 is 6.03 Å². The second-order valence-electron chi connectivity index (χ2n) is 10.8. The molecule has 3 amide bonds. The number of fused-ring (bicyclic) bond motifs is 1. The molecule has 41 heavy (non-hydrogen) atoms. The fraction of sp³-hybridized carbons (Fsp3) is 0.324. The van der Waals surface area contributed by atoms with Crippen molar-refractivity contribution in [1.82, 2.24) is 20.1 Å². The Morgan fingerprint density at radius 3 is 2.29 bits per heavy atom. The Morgan fingerprint density at radius 1 is 0.927 bits per heavy atom. The number of nitrogens with zero attached hydrogens (tertiary/aromatic N) is 3. The second kappa shape index (κ2) is 13.0. The summed E-state index contributed by atoms with van der Waals surface area (Å²) in [5, 5.41) is 6.91. The minimum absolute atomic E-state index is 0.201. The number of likely N-dealkylation sites (tertiary alicyclic amines) is 1. The van der Waals surface area contributed by atoms with Crippen LogP contribution in [0.4, 0.5) is 10.5 Å².